The average Bonchev–Trinajstić information content (AvgIpc) is 2.20. The van der Waals surface area contributed by atoms with Gasteiger partial charge in [-0.05, 0) is 17.7 Å². The summed E-state index contributed by atoms with van der Waals surface area (Å²) >= 11 is 11.8. The van der Waals surface area contributed by atoms with Crippen LogP contribution in [0.4, 0.5) is 0 Å². The highest BCUT2D eigenvalue weighted by molar-refractivity contribution is 6.35. The van der Waals surface area contributed by atoms with Gasteiger partial charge in [-0.3, -0.25) is 4.79 Å². The first kappa shape index (κ1) is 10.7. The summed E-state index contributed by atoms with van der Waals surface area (Å²) in [6.07, 6.45) is 0. The van der Waals surface area contributed by atoms with Crippen molar-refractivity contribution in [3.63, 3.8) is 0 Å². The van der Waals surface area contributed by atoms with Crippen molar-refractivity contribution in [1.29, 1.82) is 0 Å². The van der Waals surface area contributed by atoms with Gasteiger partial charge in [0.25, 0.3) is 0 Å². The summed E-state index contributed by atoms with van der Waals surface area (Å²) in [6.45, 7) is 1.40. The first-order chi connectivity index (χ1) is 7.18. The molecular formula is C10H10Cl2N2O. The number of carbonyl (C=O) groups excluding carboxylic acids is 1. The van der Waals surface area contributed by atoms with Gasteiger partial charge in [0, 0.05) is 23.1 Å². The third kappa shape index (κ3) is 2.25. The zero-order chi connectivity index (χ0) is 10.8. The van der Waals surface area contributed by atoms with Crippen LogP contribution in [0.15, 0.2) is 18.2 Å². The second-order valence-electron chi connectivity index (χ2n) is 3.34. The summed E-state index contributed by atoms with van der Waals surface area (Å²) in [5, 5.41) is 6.97. The summed E-state index contributed by atoms with van der Waals surface area (Å²) in [5.41, 5.74) is 0.762. The van der Waals surface area contributed by atoms with E-state index in [0.29, 0.717) is 16.6 Å². The van der Waals surface area contributed by atoms with Gasteiger partial charge >= 0.3 is 0 Å². The molecule has 1 fully saturated rings. The fourth-order valence-electron chi connectivity index (χ4n) is 1.58. The molecule has 15 heavy (non-hydrogen) atoms. The zero-order valence-electron chi connectivity index (χ0n) is 7.89. The Morgan fingerprint density at radius 3 is 2.73 bits per heavy atom. The predicted octanol–water partition coefficient (Wildman–Crippen LogP) is 1.75. The number of carbonyl (C=O) groups is 1. The minimum atomic E-state index is -0.372. The lowest BCUT2D eigenvalue weighted by Gasteiger charge is -2.24. The van der Waals surface area contributed by atoms with Crippen molar-refractivity contribution >= 4 is 29.1 Å². The van der Waals surface area contributed by atoms with E-state index in [-0.39, 0.29) is 11.9 Å². The van der Waals surface area contributed by atoms with Crippen molar-refractivity contribution in [3.8, 4) is 0 Å². The molecule has 0 aliphatic carbocycles. The summed E-state index contributed by atoms with van der Waals surface area (Å²) in [6, 6.07) is 4.77. The summed E-state index contributed by atoms with van der Waals surface area (Å²) in [5.74, 6) is -0.0505. The van der Waals surface area contributed by atoms with Crippen LogP contribution in [0.3, 0.4) is 0 Å². The first-order valence-electron chi connectivity index (χ1n) is 4.64. The van der Waals surface area contributed by atoms with E-state index in [2.05, 4.69) is 10.6 Å². The Morgan fingerprint density at radius 2 is 2.07 bits per heavy atom. The van der Waals surface area contributed by atoms with Crippen LogP contribution in [0, 0.1) is 0 Å². The highest BCUT2D eigenvalue weighted by Gasteiger charge is 2.24. The summed E-state index contributed by atoms with van der Waals surface area (Å²) < 4.78 is 0. The van der Waals surface area contributed by atoms with Gasteiger partial charge in [0.1, 0.15) is 6.04 Å². The lowest BCUT2D eigenvalue weighted by molar-refractivity contribution is -0.124. The standard InChI is InChI=1S/C10H10Cl2N2O/c11-6-1-2-7(8(12)5-6)9-10(15)14-4-3-13-9/h1-2,5,9,13H,3-4H2,(H,14,15). The van der Waals surface area contributed by atoms with E-state index in [1.807, 2.05) is 0 Å². The third-order valence-electron chi connectivity index (χ3n) is 2.31. The number of rotatable bonds is 1. The molecule has 0 spiro atoms. The van der Waals surface area contributed by atoms with Crippen LogP contribution in [-0.4, -0.2) is 19.0 Å². The van der Waals surface area contributed by atoms with Gasteiger partial charge in [-0.1, -0.05) is 29.3 Å². The van der Waals surface area contributed by atoms with Crippen LogP contribution in [0.2, 0.25) is 10.0 Å². The van der Waals surface area contributed by atoms with Gasteiger partial charge < -0.3 is 10.6 Å². The number of halogens is 2. The Morgan fingerprint density at radius 1 is 1.27 bits per heavy atom. The van der Waals surface area contributed by atoms with Gasteiger partial charge in [0.15, 0.2) is 0 Å². The van der Waals surface area contributed by atoms with Crippen LogP contribution in [0.25, 0.3) is 0 Å². The fourth-order valence-corrected chi connectivity index (χ4v) is 2.10. The quantitative estimate of drug-likeness (QED) is 0.791. The molecule has 1 unspecified atom stereocenters. The molecule has 0 bridgehead atoms. The molecule has 80 valence electrons. The molecule has 1 aliphatic rings. The molecular weight excluding hydrogens is 235 g/mol. The molecule has 1 atom stereocenters. The number of hydrogen-bond donors (Lipinski definition) is 2. The highest BCUT2D eigenvalue weighted by Crippen LogP contribution is 2.26. The van der Waals surface area contributed by atoms with Crippen molar-refractivity contribution in [1.82, 2.24) is 10.6 Å². The molecule has 5 heteroatoms. The largest absolute Gasteiger partial charge is 0.353 e. The molecule has 1 aromatic rings. The summed E-state index contributed by atoms with van der Waals surface area (Å²) in [7, 11) is 0. The van der Waals surface area contributed by atoms with Crippen molar-refractivity contribution in [2.24, 2.45) is 0 Å². The number of piperazine rings is 1. The maximum Gasteiger partial charge on any atom is 0.241 e. The van der Waals surface area contributed by atoms with E-state index in [1.54, 1.807) is 18.2 Å². The second kappa shape index (κ2) is 4.39. The number of hydrogen-bond acceptors (Lipinski definition) is 2. The lowest BCUT2D eigenvalue weighted by atomic mass is 10.0. The molecule has 1 aliphatic heterocycles. The van der Waals surface area contributed by atoms with Gasteiger partial charge in [-0.2, -0.15) is 0 Å². The number of nitrogens with one attached hydrogen (secondary N) is 2. The minimum Gasteiger partial charge on any atom is -0.353 e. The fraction of sp³-hybridized carbons (Fsp3) is 0.300. The summed E-state index contributed by atoms with van der Waals surface area (Å²) in [4.78, 5) is 11.6. The second-order valence-corrected chi connectivity index (χ2v) is 4.19. The molecule has 3 nitrogen and oxygen atoms in total. The molecule has 0 saturated carbocycles. The first-order valence-corrected chi connectivity index (χ1v) is 5.40. The molecule has 0 radical (unpaired) electrons. The minimum absolute atomic E-state index is 0.0505. The Labute approximate surface area is 97.8 Å². The van der Waals surface area contributed by atoms with E-state index < -0.39 is 0 Å². The Hall–Kier alpha value is -0.770. The van der Waals surface area contributed by atoms with Crippen LogP contribution < -0.4 is 10.6 Å². The van der Waals surface area contributed by atoms with E-state index in [0.717, 1.165) is 12.1 Å². The van der Waals surface area contributed by atoms with E-state index in [9.17, 15) is 4.79 Å². The Balaban J connectivity index is 2.31. The lowest BCUT2D eigenvalue weighted by Crippen LogP contribution is -2.47. The van der Waals surface area contributed by atoms with Crippen molar-refractivity contribution in [2.45, 2.75) is 6.04 Å². The molecule has 1 saturated heterocycles. The van der Waals surface area contributed by atoms with Crippen molar-refractivity contribution in [3.05, 3.63) is 33.8 Å². The van der Waals surface area contributed by atoms with Gasteiger partial charge in [0.2, 0.25) is 5.91 Å². The third-order valence-corrected chi connectivity index (χ3v) is 2.87. The molecule has 2 rings (SSSR count). The van der Waals surface area contributed by atoms with Crippen molar-refractivity contribution < 1.29 is 4.79 Å². The predicted molar refractivity (Wildman–Crippen MR) is 60.2 cm³/mol. The number of amides is 1. The molecule has 1 amide bonds. The highest BCUT2D eigenvalue weighted by atomic mass is 35.5. The Kier molecular flexibility index (Phi) is 3.14. The topological polar surface area (TPSA) is 41.1 Å². The van der Waals surface area contributed by atoms with E-state index in [4.69, 9.17) is 23.2 Å². The molecule has 1 aromatic carbocycles. The molecule has 2 N–H and O–H groups in total. The van der Waals surface area contributed by atoms with Gasteiger partial charge in [-0.25, -0.2) is 0 Å². The van der Waals surface area contributed by atoms with Crippen LogP contribution in [0.5, 0.6) is 0 Å². The molecule has 0 aromatic heterocycles. The van der Waals surface area contributed by atoms with Crippen molar-refractivity contribution in [2.75, 3.05) is 13.1 Å². The normalized spacial score (nSPS) is 21.2. The van der Waals surface area contributed by atoms with Crippen LogP contribution in [-0.2, 0) is 4.79 Å². The number of benzene rings is 1. The molecule has 1 heterocycles. The SMILES string of the molecule is O=C1NCCNC1c1ccc(Cl)cc1Cl. The Bertz CT molecular complexity index is 395. The monoisotopic (exact) mass is 244 g/mol. The maximum absolute atomic E-state index is 11.6. The van der Waals surface area contributed by atoms with Crippen LogP contribution in [0.1, 0.15) is 11.6 Å². The van der Waals surface area contributed by atoms with Crippen LogP contribution >= 0.6 is 23.2 Å². The smallest absolute Gasteiger partial charge is 0.241 e. The zero-order valence-corrected chi connectivity index (χ0v) is 9.40. The maximum atomic E-state index is 11.6. The van der Waals surface area contributed by atoms with E-state index in [1.165, 1.54) is 0 Å². The van der Waals surface area contributed by atoms with Gasteiger partial charge in [-0.15, -0.1) is 0 Å². The van der Waals surface area contributed by atoms with Gasteiger partial charge in [0.05, 0.1) is 0 Å². The average molecular weight is 245 g/mol. The van der Waals surface area contributed by atoms with E-state index >= 15 is 0 Å².